The molecule has 0 saturated carbocycles. The van der Waals surface area contributed by atoms with Gasteiger partial charge in [0.15, 0.2) is 0 Å². The van der Waals surface area contributed by atoms with Gasteiger partial charge in [-0.3, -0.25) is 0 Å². The average Bonchev–Trinajstić information content (AvgIpc) is 1.98. The zero-order valence-electron chi connectivity index (χ0n) is 9.83. The molecule has 0 N–H and O–H groups in total. The summed E-state index contributed by atoms with van der Waals surface area (Å²) in [6.45, 7) is 8.68. The number of hydrogen-bond acceptors (Lipinski definition) is 0. The van der Waals surface area contributed by atoms with Crippen molar-refractivity contribution in [3.05, 3.63) is 43.2 Å². The molecule has 0 fully saturated rings. The molecular formula is C11H19Cl2Ti-3. The molecule has 3 heteroatoms. The standard InChI is InChI=1S/C9H13.2CH3.2ClH.Ti/c1-6-5-7(2)9(4)8(6)3;;;;;/h5H,1-4H3;2*1H3;2*1H;/q3*-1;;;+2/p-2. The maximum Gasteiger partial charge on any atom is 2.00 e. The third-order valence-corrected chi connectivity index (χ3v) is 2.18. The number of halogens is 2. The van der Waals surface area contributed by atoms with E-state index in [2.05, 4.69) is 33.8 Å². The van der Waals surface area contributed by atoms with Crippen LogP contribution in [0.3, 0.4) is 0 Å². The second kappa shape index (κ2) is 11.7. The van der Waals surface area contributed by atoms with Gasteiger partial charge in [-0.2, -0.15) is 28.3 Å². The first-order chi connectivity index (χ1) is 4.13. The molecule has 0 bridgehead atoms. The van der Waals surface area contributed by atoms with Crippen LogP contribution in [-0.4, -0.2) is 0 Å². The molecule has 0 radical (unpaired) electrons. The van der Waals surface area contributed by atoms with Crippen molar-refractivity contribution in [2.75, 3.05) is 0 Å². The monoisotopic (exact) mass is 269 g/mol. The van der Waals surface area contributed by atoms with Crippen molar-refractivity contribution < 1.29 is 46.5 Å². The molecule has 0 unspecified atom stereocenters. The van der Waals surface area contributed by atoms with Crippen LogP contribution < -0.4 is 24.8 Å². The largest absolute Gasteiger partial charge is 2.00 e. The third-order valence-electron chi connectivity index (χ3n) is 2.18. The summed E-state index contributed by atoms with van der Waals surface area (Å²) < 4.78 is 0. The second-order valence-electron chi connectivity index (χ2n) is 2.76. The van der Waals surface area contributed by atoms with Gasteiger partial charge in [0.1, 0.15) is 0 Å². The van der Waals surface area contributed by atoms with E-state index in [1.165, 1.54) is 22.3 Å². The Kier molecular flexibility index (Phi) is 24.5. The molecular weight excluding hydrogens is 251 g/mol. The maximum absolute atomic E-state index is 2.24. The topological polar surface area (TPSA) is 0 Å². The Bertz CT molecular complexity index is 207. The van der Waals surface area contributed by atoms with Crippen LogP contribution in [0.5, 0.6) is 0 Å². The molecule has 0 saturated heterocycles. The predicted molar refractivity (Wildman–Crippen MR) is 53.8 cm³/mol. The Morgan fingerprint density at radius 3 is 1.43 bits per heavy atom. The summed E-state index contributed by atoms with van der Waals surface area (Å²) >= 11 is 0. The second-order valence-corrected chi connectivity index (χ2v) is 2.76. The van der Waals surface area contributed by atoms with Gasteiger partial charge in [0.2, 0.25) is 0 Å². The fraction of sp³-hybridized carbons (Fsp3) is 0.364. The van der Waals surface area contributed by atoms with E-state index in [9.17, 15) is 0 Å². The van der Waals surface area contributed by atoms with Crippen molar-refractivity contribution >= 4 is 0 Å². The molecule has 0 spiro atoms. The van der Waals surface area contributed by atoms with Crippen LogP contribution in [0.25, 0.3) is 0 Å². The van der Waals surface area contributed by atoms with Crippen LogP contribution in [0.1, 0.15) is 22.3 Å². The van der Waals surface area contributed by atoms with Gasteiger partial charge < -0.3 is 39.7 Å². The Labute approximate surface area is 117 Å². The zero-order chi connectivity index (χ0) is 7.02. The molecule has 0 aromatic heterocycles. The van der Waals surface area contributed by atoms with Gasteiger partial charge in [0.25, 0.3) is 0 Å². The van der Waals surface area contributed by atoms with E-state index in [4.69, 9.17) is 0 Å². The van der Waals surface area contributed by atoms with E-state index in [0.29, 0.717) is 0 Å². The first-order valence-electron chi connectivity index (χ1n) is 3.33. The van der Waals surface area contributed by atoms with Gasteiger partial charge >= 0.3 is 21.7 Å². The van der Waals surface area contributed by atoms with E-state index < -0.39 is 0 Å². The summed E-state index contributed by atoms with van der Waals surface area (Å²) in [5.41, 5.74) is 5.75. The van der Waals surface area contributed by atoms with Crippen molar-refractivity contribution in [3.8, 4) is 0 Å². The van der Waals surface area contributed by atoms with Gasteiger partial charge in [-0.1, -0.05) is 27.7 Å². The van der Waals surface area contributed by atoms with Crippen LogP contribution in [-0.2, 0) is 21.7 Å². The molecule has 0 heterocycles. The van der Waals surface area contributed by atoms with Crippen LogP contribution >= 0.6 is 0 Å². The smallest absolute Gasteiger partial charge is 1.00 e. The maximum atomic E-state index is 2.24. The number of aryl methyl sites for hydroxylation is 2. The normalized spacial score (nSPS) is 6.57. The third kappa shape index (κ3) is 6.19. The summed E-state index contributed by atoms with van der Waals surface area (Å²) in [5, 5.41) is 0. The van der Waals surface area contributed by atoms with Gasteiger partial charge in [-0.25, -0.2) is 0 Å². The number of rotatable bonds is 0. The van der Waals surface area contributed by atoms with Crippen LogP contribution in [0.15, 0.2) is 6.07 Å². The Hall–Kier alpha value is 0.644. The van der Waals surface area contributed by atoms with Crippen LogP contribution in [0, 0.1) is 42.5 Å². The molecule has 0 nitrogen and oxygen atoms in total. The molecule has 0 amide bonds. The van der Waals surface area contributed by atoms with Crippen molar-refractivity contribution in [2.24, 2.45) is 0 Å². The molecule has 0 aliphatic rings. The summed E-state index contributed by atoms with van der Waals surface area (Å²) in [4.78, 5) is 0. The molecule has 14 heavy (non-hydrogen) atoms. The molecule has 1 aromatic carbocycles. The fourth-order valence-electron chi connectivity index (χ4n) is 1.13. The van der Waals surface area contributed by atoms with Gasteiger partial charge in [0.05, 0.1) is 0 Å². The molecule has 1 rings (SSSR count). The van der Waals surface area contributed by atoms with E-state index in [1.807, 2.05) is 0 Å². The molecule has 84 valence electrons. The molecule has 0 aliphatic heterocycles. The summed E-state index contributed by atoms with van der Waals surface area (Å²) in [6, 6.07) is 2.24. The van der Waals surface area contributed by atoms with E-state index >= 15 is 0 Å². The van der Waals surface area contributed by atoms with Gasteiger partial charge in [0, 0.05) is 0 Å². The van der Waals surface area contributed by atoms with Crippen molar-refractivity contribution in [3.63, 3.8) is 0 Å². The van der Waals surface area contributed by atoms with Crippen LogP contribution in [0.4, 0.5) is 0 Å². The average molecular weight is 270 g/mol. The van der Waals surface area contributed by atoms with Crippen molar-refractivity contribution in [2.45, 2.75) is 27.7 Å². The van der Waals surface area contributed by atoms with Crippen molar-refractivity contribution in [1.29, 1.82) is 0 Å². The Morgan fingerprint density at radius 1 is 1.00 bits per heavy atom. The predicted octanol–water partition coefficient (Wildman–Crippen LogP) is -2.45. The Morgan fingerprint density at radius 2 is 1.36 bits per heavy atom. The minimum Gasteiger partial charge on any atom is -1.00 e. The fourth-order valence-corrected chi connectivity index (χ4v) is 1.13. The SMILES string of the molecule is Cc1c[c-](C)c(C)c1C.[CH3-].[CH3-].[Cl-].[Cl-].[Ti+2]. The quantitative estimate of drug-likeness (QED) is 0.362. The van der Waals surface area contributed by atoms with E-state index in [-0.39, 0.29) is 61.4 Å². The van der Waals surface area contributed by atoms with Crippen LogP contribution in [0.2, 0.25) is 0 Å². The first kappa shape index (κ1) is 29.3. The number of hydrogen-bond donors (Lipinski definition) is 0. The first-order valence-corrected chi connectivity index (χ1v) is 3.33. The van der Waals surface area contributed by atoms with E-state index in [0.717, 1.165) is 0 Å². The minimum absolute atomic E-state index is 0. The summed E-state index contributed by atoms with van der Waals surface area (Å²) in [7, 11) is 0. The molecule has 0 atom stereocenters. The van der Waals surface area contributed by atoms with E-state index in [1.54, 1.807) is 0 Å². The minimum atomic E-state index is 0. The summed E-state index contributed by atoms with van der Waals surface area (Å²) in [5.74, 6) is 0. The van der Waals surface area contributed by atoms with Gasteiger partial charge in [-0.15, -0.1) is 0 Å². The Balaban J connectivity index is -0.0000000540. The molecule has 1 aromatic rings. The summed E-state index contributed by atoms with van der Waals surface area (Å²) in [6.07, 6.45) is 0. The molecule has 0 aliphatic carbocycles. The van der Waals surface area contributed by atoms with Crippen molar-refractivity contribution in [1.82, 2.24) is 0 Å². The van der Waals surface area contributed by atoms with Gasteiger partial charge in [-0.05, 0) is 0 Å². The zero-order valence-corrected chi connectivity index (χ0v) is 12.9.